The van der Waals surface area contributed by atoms with Crippen molar-refractivity contribution in [3.63, 3.8) is 0 Å². The summed E-state index contributed by atoms with van der Waals surface area (Å²) in [5, 5.41) is 1.88. The third-order valence-electron chi connectivity index (χ3n) is 3.20. The van der Waals surface area contributed by atoms with Crippen LogP contribution >= 0.6 is 0 Å². The molecule has 1 aromatic rings. The topological polar surface area (TPSA) is 52.6 Å². The second kappa shape index (κ2) is 6.45. The first-order valence-corrected chi connectivity index (χ1v) is 6.46. The van der Waals surface area contributed by atoms with Crippen LogP contribution in [0.2, 0.25) is 0 Å². The molecule has 2 rings (SSSR count). The van der Waals surface area contributed by atoms with Crippen LogP contribution in [0.1, 0.15) is 16.8 Å². The Morgan fingerprint density at radius 1 is 1.11 bits per heavy atom. The minimum atomic E-state index is -0.238. The van der Waals surface area contributed by atoms with Crippen molar-refractivity contribution in [2.24, 2.45) is 0 Å². The Balaban J connectivity index is 1.80. The number of nitrogens with one attached hydrogen (secondary N) is 1. The number of rotatable bonds is 4. The van der Waals surface area contributed by atoms with Crippen molar-refractivity contribution in [2.75, 3.05) is 33.2 Å². The second-order valence-electron chi connectivity index (χ2n) is 4.79. The molecule has 1 aliphatic heterocycles. The predicted molar refractivity (Wildman–Crippen MR) is 72.6 cm³/mol. The summed E-state index contributed by atoms with van der Waals surface area (Å²) in [7, 11) is 2.05. The van der Waals surface area contributed by atoms with Crippen LogP contribution in [-0.2, 0) is 4.79 Å². The molecule has 0 radical (unpaired) electrons. The van der Waals surface area contributed by atoms with Gasteiger partial charge in [0.1, 0.15) is 0 Å². The van der Waals surface area contributed by atoms with E-state index in [4.69, 9.17) is 0 Å². The predicted octanol–water partition coefficient (Wildman–Crippen LogP) is 0.538. The number of hydrazine groups is 1. The number of ketones is 1. The van der Waals surface area contributed by atoms with Gasteiger partial charge in [-0.15, -0.1) is 0 Å². The number of likely N-dealkylation sites (N-methyl/N-ethyl adjacent to an activating group) is 1. The highest BCUT2D eigenvalue weighted by Crippen LogP contribution is 2.03. The fourth-order valence-corrected chi connectivity index (χ4v) is 2.01. The molecule has 19 heavy (non-hydrogen) atoms. The first-order chi connectivity index (χ1) is 9.15. The molecule has 1 aromatic carbocycles. The summed E-state index contributed by atoms with van der Waals surface area (Å²) >= 11 is 0. The number of piperazine rings is 1. The summed E-state index contributed by atoms with van der Waals surface area (Å²) in [6, 6.07) is 8.90. The number of nitrogens with zero attached hydrogens (tertiary/aromatic N) is 2. The van der Waals surface area contributed by atoms with Gasteiger partial charge in [0, 0.05) is 31.7 Å². The normalized spacial score (nSPS) is 17.1. The van der Waals surface area contributed by atoms with Gasteiger partial charge >= 0.3 is 0 Å². The number of carbonyl (C=O) groups excluding carboxylic acids is 2. The summed E-state index contributed by atoms with van der Waals surface area (Å²) < 4.78 is 0. The van der Waals surface area contributed by atoms with Crippen LogP contribution in [0.15, 0.2) is 30.3 Å². The van der Waals surface area contributed by atoms with Crippen LogP contribution in [0.5, 0.6) is 0 Å². The lowest BCUT2D eigenvalue weighted by molar-refractivity contribution is -0.125. The first kappa shape index (κ1) is 13.7. The lowest BCUT2D eigenvalue weighted by Crippen LogP contribution is -2.52. The Bertz CT molecular complexity index is 439. The molecule has 1 saturated heterocycles. The summed E-state index contributed by atoms with van der Waals surface area (Å²) in [5.41, 5.74) is 3.37. The standard InChI is InChI=1S/C14H19N3O2/c1-16-7-9-17(10-8-16)15-14(19)11-13(18)12-5-3-2-4-6-12/h2-6H,7-11H2,1H3,(H,15,19). The monoisotopic (exact) mass is 261 g/mol. The van der Waals surface area contributed by atoms with E-state index < -0.39 is 0 Å². The smallest absolute Gasteiger partial charge is 0.242 e. The third kappa shape index (κ3) is 4.15. The quantitative estimate of drug-likeness (QED) is 0.635. The maximum absolute atomic E-state index is 11.9. The van der Waals surface area contributed by atoms with Crippen molar-refractivity contribution in [1.82, 2.24) is 15.3 Å². The minimum Gasteiger partial charge on any atom is -0.304 e. The molecule has 0 bridgehead atoms. The maximum Gasteiger partial charge on any atom is 0.242 e. The summed E-state index contributed by atoms with van der Waals surface area (Å²) in [6.45, 7) is 3.43. The lowest BCUT2D eigenvalue weighted by atomic mass is 10.1. The second-order valence-corrected chi connectivity index (χ2v) is 4.79. The molecule has 0 spiro atoms. The molecule has 0 saturated carbocycles. The zero-order valence-corrected chi connectivity index (χ0v) is 11.1. The highest BCUT2D eigenvalue weighted by molar-refractivity contribution is 6.07. The van der Waals surface area contributed by atoms with Crippen LogP contribution in [0.25, 0.3) is 0 Å². The van der Waals surface area contributed by atoms with E-state index in [1.165, 1.54) is 0 Å². The molecule has 1 aliphatic rings. The summed E-state index contributed by atoms with van der Waals surface area (Å²) in [4.78, 5) is 25.9. The van der Waals surface area contributed by atoms with Crippen molar-refractivity contribution in [3.8, 4) is 0 Å². The molecule has 1 amide bonds. The van der Waals surface area contributed by atoms with Gasteiger partial charge in [-0.3, -0.25) is 15.0 Å². The van der Waals surface area contributed by atoms with Crippen molar-refractivity contribution in [3.05, 3.63) is 35.9 Å². The fraction of sp³-hybridized carbons (Fsp3) is 0.429. The van der Waals surface area contributed by atoms with Crippen LogP contribution in [-0.4, -0.2) is 54.8 Å². The van der Waals surface area contributed by atoms with Crippen molar-refractivity contribution >= 4 is 11.7 Å². The molecule has 1 heterocycles. The molecule has 0 aromatic heterocycles. The minimum absolute atomic E-state index is 0.101. The maximum atomic E-state index is 11.9. The average Bonchev–Trinajstić information content (AvgIpc) is 2.42. The van der Waals surface area contributed by atoms with E-state index in [0.29, 0.717) is 5.56 Å². The molecule has 1 fully saturated rings. The van der Waals surface area contributed by atoms with E-state index in [-0.39, 0.29) is 18.1 Å². The van der Waals surface area contributed by atoms with Gasteiger partial charge in [0.05, 0.1) is 6.42 Å². The molecule has 102 valence electrons. The Kier molecular flexibility index (Phi) is 4.65. The van der Waals surface area contributed by atoms with Crippen molar-refractivity contribution in [2.45, 2.75) is 6.42 Å². The fourth-order valence-electron chi connectivity index (χ4n) is 2.01. The van der Waals surface area contributed by atoms with Gasteiger partial charge in [0.15, 0.2) is 5.78 Å². The van der Waals surface area contributed by atoms with Gasteiger partial charge in [-0.2, -0.15) is 0 Å². The van der Waals surface area contributed by atoms with Crippen LogP contribution < -0.4 is 5.43 Å². The van der Waals surface area contributed by atoms with E-state index in [1.54, 1.807) is 24.3 Å². The largest absolute Gasteiger partial charge is 0.304 e. The summed E-state index contributed by atoms with van der Waals surface area (Å²) in [5.74, 6) is -0.384. The zero-order chi connectivity index (χ0) is 13.7. The number of benzene rings is 1. The van der Waals surface area contributed by atoms with Gasteiger partial charge in [-0.05, 0) is 7.05 Å². The highest BCUT2D eigenvalue weighted by atomic mass is 16.2. The Morgan fingerprint density at radius 3 is 2.37 bits per heavy atom. The molecule has 5 heteroatoms. The first-order valence-electron chi connectivity index (χ1n) is 6.46. The van der Waals surface area contributed by atoms with Crippen molar-refractivity contribution < 1.29 is 9.59 Å². The zero-order valence-electron chi connectivity index (χ0n) is 11.1. The molecule has 0 atom stereocenters. The number of hydrogen-bond donors (Lipinski definition) is 1. The van der Waals surface area contributed by atoms with Crippen LogP contribution in [0.4, 0.5) is 0 Å². The van der Waals surface area contributed by atoms with Crippen LogP contribution in [0.3, 0.4) is 0 Å². The van der Waals surface area contributed by atoms with Gasteiger partial charge in [-0.25, -0.2) is 5.01 Å². The molecular formula is C14H19N3O2. The molecule has 1 N–H and O–H groups in total. The van der Waals surface area contributed by atoms with E-state index in [0.717, 1.165) is 26.2 Å². The Morgan fingerprint density at radius 2 is 1.74 bits per heavy atom. The number of carbonyl (C=O) groups is 2. The van der Waals surface area contributed by atoms with Gasteiger partial charge in [0.25, 0.3) is 0 Å². The molecule has 0 unspecified atom stereocenters. The van der Waals surface area contributed by atoms with E-state index in [9.17, 15) is 9.59 Å². The van der Waals surface area contributed by atoms with Gasteiger partial charge < -0.3 is 4.90 Å². The Labute approximate surface area is 113 Å². The van der Waals surface area contributed by atoms with E-state index in [2.05, 4.69) is 17.4 Å². The Hall–Kier alpha value is -1.72. The molecule has 5 nitrogen and oxygen atoms in total. The summed E-state index contributed by atoms with van der Waals surface area (Å²) in [6.07, 6.45) is -0.101. The van der Waals surface area contributed by atoms with Crippen LogP contribution in [0, 0.1) is 0 Å². The molecular weight excluding hydrogens is 242 g/mol. The SMILES string of the molecule is CN1CCN(NC(=O)CC(=O)c2ccccc2)CC1. The number of Topliss-reactive ketones (excluding diaryl/α,β-unsaturated/α-hetero) is 1. The van der Waals surface area contributed by atoms with E-state index >= 15 is 0 Å². The van der Waals surface area contributed by atoms with Gasteiger partial charge in [-0.1, -0.05) is 30.3 Å². The third-order valence-corrected chi connectivity index (χ3v) is 3.20. The van der Waals surface area contributed by atoms with Gasteiger partial charge in [0.2, 0.25) is 5.91 Å². The number of amides is 1. The molecule has 0 aliphatic carbocycles. The van der Waals surface area contributed by atoms with E-state index in [1.807, 2.05) is 11.1 Å². The lowest BCUT2D eigenvalue weighted by Gasteiger charge is -2.32. The average molecular weight is 261 g/mol. The highest BCUT2D eigenvalue weighted by Gasteiger charge is 2.17. The van der Waals surface area contributed by atoms with Crippen molar-refractivity contribution in [1.29, 1.82) is 0 Å². The number of hydrogen-bond acceptors (Lipinski definition) is 4.